The zero-order valence-corrected chi connectivity index (χ0v) is 12.8. The molecule has 2 rings (SSSR count). The second kappa shape index (κ2) is 7.75. The maximum absolute atomic E-state index is 5.65. The predicted molar refractivity (Wildman–Crippen MR) is 81.2 cm³/mol. The summed E-state index contributed by atoms with van der Waals surface area (Å²) in [6.07, 6.45) is 1.09. The van der Waals surface area contributed by atoms with Crippen LogP contribution in [0.1, 0.15) is 12.3 Å². The molecule has 1 aromatic carbocycles. The molecule has 0 aliphatic carbocycles. The third-order valence-electron chi connectivity index (χ3n) is 3.02. The van der Waals surface area contributed by atoms with Crippen molar-refractivity contribution >= 4 is 0 Å². The molecule has 1 aromatic heterocycles. The zero-order chi connectivity index (χ0) is 15.1. The van der Waals surface area contributed by atoms with E-state index in [1.54, 1.807) is 7.11 Å². The highest BCUT2D eigenvalue weighted by molar-refractivity contribution is 5.55. The van der Waals surface area contributed by atoms with Gasteiger partial charge in [0.1, 0.15) is 5.75 Å². The lowest BCUT2D eigenvalue weighted by Gasteiger charge is -2.08. The molecule has 0 fully saturated rings. The summed E-state index contributed by atoms with van der Waals surface area (Å²) < 4.78 is 10.8. The fraction of sp³-hybridized carbons (Fsp3) is 0.467. The summed E-state index contributed by atoms with van der Waals surface area (Å²) in [5.41, 5.74) is 0.862. The van der Waals surface area contributed by atoms with Crippen LogP contribution >= 0.6 is 0 Å². The van der Waals surface area contributed by atoms with E-state index >= 15 is 0 Å². The van der Waals surface area contributed by atoms with Gasteiger partial charge in [0.15, 0.2) is 0 Å². The van der Waals surface area contributed by atoms with Crippen molar-refractivity contribution in [1.82, 2.24) is 20.4 Å². The minimum atomic E-state index is 0.513. The number of hydrogen-bond acceptors (Lipinski definition) is 6. The highest BCUT2D eigenvalue weighted by Crippen LogP contribution is 2.22. The summed E-state index contributed by atoms with van der Waals surface area (Å²) in [5, 5.41) is 11.4. The Morgan fingerprint density at radius 2 is 2.14 bits per heavy atom. The van der Waals surface area contributed by atoms with Gasteiger partial charge in [0.25, 0.3) is 0 Å². The van der Waals surface area contributed by atoms with Gasteiger partial charge in [0, 0.05) is 5.56 Å². The topological polar surface area (TPSA) is 63.4 Å². The van der Waals surface area contributed by atoms with Crippen LogP contribution in [-0.2, 0) is 6.54 Å². The fourth-order valence-corrected chi connectivity index (χ4v) is 1.91. The molecule has 1 N–H and O–H groups in total. The average Bonchev–Trinajstić information content (AvgIpc) is 2.95. The third kappa shape index (κ3) is 4.84. The summed E-state index contributed by atoms with van der Waals surface area (Å²) in [5.74, 6) is 1.88. The van der Waals surface area contributed by atoms with E-state index in [1.165, 1.54) is 0 Å². The van der Waals surface area contributed by atoms with Crippen LogP contribution < -0.4 is 10.1 Å². The summed E-state index contributed by atoms with van der Waals surface area (Å²) >= 11 is 0. The van der Waals surface area contributed by atoms with Crippen LogP contribution in [0.3, 0.4) is 0 Å². The maximum atomic E-state index is 5.65. The van der Waals surface area contributed by atoms with Crippen molar-refractivity contribution in [3.8, 4) is 17.2 Å². The molecular formula is C15H22N4O2. The highest BCUT2D eigenvalue weighted by Gasteiger charge is 2.08. The van der Waals surface area contributed by atoms with Crippen molar-refractivity contribution in [2.75, 3.05) is 34.3 Å². The number of rotatable bonds is 8. The second-order valence-electron chi connectivity index (χ2n) is 5.07. The lowest BCUT2D eigenvalue weighted by molar-refractivity contribution is 0.389. The predicted octanol–water partition coefficient (Wildman–Crippen LogP) is 1.79. The monoisotopic (exact) mass is 290 g/mol. The fourth-order valence-electron chi connectivity index (χ4n) is 1.91. The Morgan fingerprint density at radius 1 is 1.29 bits per heavy atom. The summed E-state index contributed by atoms with van der Waals surface area (Å²) in [7, 11) is 5.77. The second-order valence-corrected chi connectivity index (χ2v) is 5.07. The van der Waals surface area contributed by atoms with Crippen LogP contribution in [0.2, 0.25) is 0 Å². The Bertz CT molecular complexity index is 554. The molecule has 0 amide bonds. The van der Waals surface area contributed by atoms with Crippen LogP contribution in [0.15, 0.2) is 28.7 Å². The normalized spacial score (nSPS) is 11.0. The van der Waals surface area contributed by atoms with Crippen LogP contribution in [0, 0.1) is 0 Å². The van der Waals surface area contributed by atoms with E-state index in [1.807, 2.05) is 24.3 Å². The molecule has 0 saturated heterocycles. The number of hydrogen-bond donors (Lipinski definition) is 1. The summed E-state index contributed by atoms with van der Waals surface area (Å²) in [6, 6.07) is 7.58. The van der Waals surface area contributed by atoms with Gasteiger partial charge in [0.2, 0.25) is 11.8 Å². The van der Waals surface area contributed by atoms with Gasteiger partial charge in [-0.3, -0.25) is 0 Å². The molecule has 0 saturated carbocycles. The van der Waals surface area contributed by atoms with E-state index in [-0.39, 0.29) is 0 Å². The van der Waals surface area contributed by atoms with Crippen LogP contribution in [0.25, 0.3) is 11.5 Å². The highest BCUT2D eigenvalue weighted by atomic mass is 16.5. The van der Waals surface area contributed by atoms with Gasteiger partial charge in [0.05, 0.1) is 13.7 Å². The first-order chi connectivity index (χ1) is 10.2. The number of aromatic nitrogens is 2. The number of ether oxygens (including phenoxy) is 1. The SMILES string of the molecule is COc1cccc(-c2nnc(CNCCCN(C)C)o2)c1. The van der Waals surface area contributed by atoms with Crippen molar-refractivity contribution < 1.29 is 9.15 Å². The minimum absolute atomic E-state index is 0.513. The first-order valence-corrected chi connectivity index (χ1v) is 7.01. The van der Waals surface area contributed by atoms with Gasteiger partial charge >= 0.3 is 0 Å². The van der Waals surface area contributed by atoms with Crippen LogP contribution in [-0.4, -0.2) is 49.4 Å². The van der Waals surface area contributed by atoms with Crippen LogP contribution in [0.4, 0.5) is 0 Å². The number of methoxy groups -OCH3 is 1. The Balaban J connectivity index is 1.86. The molecule has 0 radical (unpaired) electrons. The molecule has 0 aliphatic heterocycles. The maximum Gasteiger partial charge on any atom is 0.247 e. The molecule has 6 nitrogen and oxygen atoms in total. The summed E-state index contributed by atoms with van der Waals surface area (Å²) in [4.78, 5) is 2.16. The average molecular weight is 290 g/mol. The van der Waals surface area contributed by atoms with E-state index in [2.05, 4.69) is 34.5 Å². The van der Waals surface area contributed by atoms with Gasteiger partial charge in [-0.25, -0.2) is 0 Å². The van der Waals surface area contributed by atoms with Crippen LogP contribution in [0.5, 0.6) is 5.75 Å². The molecule has 2 aromatic rings. The standard InChI is InChI=1S/C15H22N4O2/c1-19(2)9-5-8-16-11-14-17-18-15(21-14)12-6-4-7-13(10-12)20-3/h4,6-7,10,16H,5,8-9,11H2,1-3H3. The van der Waals surface area contributed by atoms with Crippen molar-refractivity contribution in [2.24, 2.45) is 0 Å². The number of nitrogens with zero attached hydrogens (tertiary/aromatic N) is 3. The molecule has 6 heteroatoms. The van der Waals surface area contributed by atoms with Gasteiger partial charge in [-0.15, -0.1) is 10.2 Å². The van der Waals surface area contributed by atoms with Crippen molar-refractivity contribution in [3.63, 3.8) is 0 Å². The van der Waals surface area contributed by atoms with Crippen molar-refractivity contribution in [2.45, 2.75) is 13.0 Å². The Morgan fingerprint density at radius 3 is 2.90 bits per heavy atom. The first kappa shape index (κ1) is 15.5. The van der Waals surface area contributed by atoms with Crippen molar-refractivity contribution in [1.29, 1.82) is 0 Å². The van der Waals surface area contributed by atoms with Gasteiger partial charge in [-0.1, -0.05) is 6.07 Å². The number of nitrogens with one attached hydrogen (secondary N) is 1. The van der Waals surface area contributed by atoms with E-state index in [0.29, 0.717) is 18.3 Å². The smallest absolute Gasteiger partial charge is 0.247 e. The summed E-state index contributed by atoms with van der Waals surface area (Å²) in [6.45, 7) is 2.57. The van der Waals surface area contributed by atoms with E-state index < -0.39 is 0 Å². The lowest BCUT2D eigenvalue weighted by Crippen LogP contribution is -2.21. The quantitative estimate of drug-likeness (QED) is 0.748. The molecule has 1 heterocycles. The minimum Gasteiger partial charge on any atom is -0.497 e. The molecular weight excluding hydrogens is 268 g/mol. The van der Waals surface area contributed by atoms with Gasteiger partial charge < -0.3 is 19.4 Å². The van der Waals surface area contributed by atoms with Gasteiger partial charge in [-0.2, -0.15) is 0 Å². The molecule has 0 spiro atoms. The molecule has 0 unspecified atom stereocenters. The van der Waals surface area contributed by atoms with Gasteiger partial charge in [-0.05, 0) is 51.8 Å². The van der Waals surface area contributed by atoms with E-state index in [0.717, 1.165) is 30.8 Å². The molecule has 0 bridgehead atoms. The molecule has 0 aliphatic rings. The number of benzene rings is 1. The molecule has 0 atom stereocenters. The lowest BCUT2D eigenvalue weighted by atomic mass is 10.2. The van der Waals surface area contributed by atoms with Crippen molar-refractivity contribution in [3.05, 3.63) is 30.2 Å². The molecule has 21 heavy (non-hydrogen) atoms. The zero-order valence-electron chi connectivity index (χ0n) is 12.8. The van der Waals surface area contributed by atoms with E-state index in [4.69, 9.17) is 9.15 Å². The Labute approximate surface area is 125 Å². The molecule has 114 valence electrons. The first-order valence-electron chi connectivity index (χ1n) is 7.01. The third-order valence-corrected chi connectivity index (χ3v) is 3.02. The van der Waals surface area contributed by atoms with E-state index in [9.17, 15) is 0 Å². The largest absolute Gasteiger partial charge is 0.497 e. The Hall–Kier alpha value is -1.92. The Kier molecular flexibility index (Phi) is 5.71.